The molecule has 0 unspecified atom stereocenters. The average Bonchev–Trinajstić information content (AvgIpc) is 4.12. The number of anilines is 1. The van der Waals surface area contributed by atoms with Crippen LogP contribution in [0.15, 0.2) is 78.2 Å². The van der Waals surface area contributed by atoms with E-state index < -0.39 is 11.7 Å². The van der Waals surface area contributed by atoms with Crippen LogP contribution in [0.4, 0.5) is 10.1 Å². The molecular weight excluding hydrogens is 729 g/mol. The lowest BCUT2D eigenvalue weighted by molar-refractivity contribution is 0.102. The second-order valence-corrected chi connectivity index (χ2v) is 15.3. The Kier molecular flexibility index (Phi) is 6.98. The minimum atomic E-state index is -0.578. The van der Waals surface area contributed by atoms with Gasteiger partial charge < -0.3 is 28.5 Å². The van der Waals surface area contributed by atoms with Gasteiger partial charge >= 0.3 is 0 Å². The Hall–Kier alpha value is -5.37. The summed E-state index contributed by atoms with van der Waals surface area (Å²) in [6, 6.07) is 14.5. The molecule has 3 aromatic carbocycles. The number of hydrogen-bond donors (Lipinski definition) is 1. The van der Waals surface area contributed by atoms with Gasteiger partial charge in [-0.15, -0.1) is 20.4 Å². The fraction of sp³-hybridized carbons (Fsp3) is 0.316. The van der Waals surface area contributed by atoms with E-state index in [2.05, 4.69) is 55.8 Å². The first-order valence-electron chi connectivity index (χ1n) is 17.5. The number of aromatic nitrogens is 8. The number of nitrogens with zero attached hydrogens (tertiary/aromatic N) is 8. The molecule has 2 aliphatic heterocycles. The third-order valence-corrected chi connectivity index (χ3v) is 11.5. The third kappa shape index (κ3) is 5.13. The quantitative estimate of drug-likeness (QED) is 0.200. The van der Waals surface area contributed by atoms with E-state index in [0.717, 1.165) is 82.6 Å². The van der Waals surface area contributed by atoms with E-state index in [-0.39, 0.29) is 16.6 Å². The average molecular weight is 763 g/mol. The first-order chi connectivity index (χ1) is 25.3. The van der Waals surface area contributed by atoms with Gasteiger partial charge in [-0.2, -0.15) is 0 Å². The number of halogens is 2. The van der Waals surface area contributed by atoms with Gasteiger partial charge in [-0.05, 0) is 103 Å². The van der Waals surface area contributed by atoms with Gasteiger partial charge in [0.05, 0.1) is 55.6 Å². The predicted octanol–water partition coefficient (Wildman–Crippen LogP) is 7.18. The molecule has 2 spiro atoms. The summed E-state index contributed by atoms with van der Waals surface area (Å²) in [5, 5.41) is 19.6. The van der Waals surface area contributed by atoms with Crippen molar-refractivity contribution in [3.63, 3.8) is 0 Å². The van der Waals surface area contributed by atoms with E-state index >= 15 is 0 Å². The van der Waals surface area contributed by atoms with Crippen molar-refractivity contribution < 1.29 is 18.7 Å². The van der Waals surface area contributed by atoms with Gasteiger partial charge in [-0.25, -0.2) is 9.37 Å². The van der Waals surface area contributed by atoms with Gasteiger partial charge in [0.15, 0.2) is 17.4 Å². The number of carbonyl (C=O) groups is 1. The summed E-state index contributed by atoms with van der Waals surface area (Å²) < 4.78 is 34.2. The van der Waals surface area contributed by atoms with Crippen molar-refractivity contribution in [2.75, 3.05) is 18.5 Å². The summed E-state index contributed by atoms with van der Waals surface area (Å²) >= 11 is 3.53. The standard InChI is InChI=1S/C26H23FN6O2.C12H10BrN3O/c1-15-9-19(27)18(10-22(15)32-11-21(28-13-32)16-5-6-16)25(34)30-20-4-2-3-17-23(20)35-12-26(7-8-26)33-14-29-31-24(17)33;13-9-3-1-2-8-10(9)17-6-12(4-5-12)16-7-14-15-11(8)16/h2-4,9-11,13-14,16H,5-8,12H2,1H3,(H,30,34);1-3,7H,4-6H2. The highest BCUT2D eigenvalue weighted by molar-refractivity contribution is 9.10. The van der Waals surface area contributed by atoms with Crippen LogP contribution in [0.25, 0.3) is 28.5 Å². The molecule has 12 nitrogen and oxygen atoms in total. The molecule has 3 aliphatic carbocycles. The van der Waals surface area contributed by atoms with E-state index in [4.69, 9.17) is 9.47 Å². The van der Waals surface area contributed by atoms with Crippen molar-refractivity contribution in [2.24, 2.45) is 0 Å². The molecule has 5 heterocycles. The molecule has 3 fully saturated rings. The largest absolute Gasteiger partial charge is 0.489 e. The molecule has 52 heavy (non-hydrogen) atoms. The van der Waals surface area contributed by atoms with Crippen LogP contribution in [0, 0.1) is 12.7 Å². The summed E-state index contributed by atoms with van der Waals surface area (Å²) in [5.74, 6) is 2.41. The molecular formula is C38H33BrFN9O3. The van der Waals surface area contributed by atoms with Gasteiger partial charge in [0.2, 0.25) is 0 Å². The Labute approximate surface area is 306 Å². The molecule has 0 saturated heterocycles. The van der Waals surface area contributed by atoms with Crippen LogP contribution >= 0.6 is 15.9 Å². The first-order valence-corrected chi connectivity index (χ1v) is 18.3. The van der Waals surface area contributed by atoms with Crippen LogP contribution in [-0.4, -0.2) is 58.2 Å². The normalized spacial score (nSPS) is 17.9. The third-order valence-electron chi connectivity index (χ3n) is 10.9. The summed E-state index contributed by atoms with van der Waals surface area (Å²) in [5.41, 5.74) is 4.64. The number of carbonyl (C=O) groups excluding carboxylic acids is 1. The highest BCUT2D eigenvalue weighted by atomic mass is 79.9. The van der Waals surface area contributed by atoms with Crippen LogP contribution < -0.4 is 14.8 Å². The van der Waals surface area contributed by atoms with E-state index in [1.807, 2.05) is 54.3 Å². The van der Waals surface area contributed by atoms with Crippen molar-refractivity contribution >= 4 is 27.5 Å². The van der Waals surface area contributed by atoms with Gasteiger partial charge in [-0.3, -0.25) is 4.79 Å². The number of rotatable bonds is 4. The number of aryl methyl sites for hydroxylation is 1. The summed E-state index contributed by atoms with van der Waals surface area (Å²) in [4.78, 5) is 17.8. The summed E-state index contributed by atoms with van der Waals surface area (Å²) in [6.45, 7) is 2.99. The molecule has 6 aromatic rings. The van der Waals surface area contributed by atoms with Gasteiger partial charge in [0.1, 0.15) is 37.4 Å². The maximum absolute atomic E-state index is 15.0. The topological polar surface area (TPSA) is 127 Å². The summed E-state index contributed by atoms with van der Waals surface area (Å²) in [6.07, 6.45) is 13.8. The zero-order valence-corrected chi connectivity index (χ0v) is 29.8. The van der Waals surface area contributed by atoms with Crippen LogP contribution in [0.2, 0.25) is 0 Å². The monoisotopic (exact) mass is 761 g/mol. The zero-order valence-electron chi connectivity index (χ0n) is 28.2. The fourth-order valence-electron chi connectivity index (χ4n) is 7.30. The molecule has 262 valence electrons. The van der Waals surface area contributed by atoms with E-state index in [9.17, 15) is 9.18 Å². The maximum atomic E-state index is 15.0. The van der Waals surface area contributed by atoms with Crippen LogP contribution in [0.3, 0.4) is 0 Å². The molecule has 5 aliphatic rings. The number of amides is 1. The molecule has 14 heteroatoms. The van der Waals surface area contributed by atoms with Crippen molar-refractivity contribution in [2.45, 2.75) is 62.4 Å². The Morgan fingerprint density at radius 3 is 2.17 bits per heavy atom. The van der Waals surface area contributed by atoms with E-state index in [0.29, 0.717) is 36.4 Å². The van der Waals surface area contributed by atoms with Crippen molar-refractivity contribution in [3.8, 4) is 40.0 Å². The Balaban J connectivity index is 0.000000165. The van der Waals surface area contributed by atoms with Crippen molar-refractivity contribution in [1.29, 1.82) is 0 Å². The van der Waals surface area contributed by atoms with Gasteiger partial charge in [0, 0.05) is 12.1 Å². The number of hydrogen-bond acceptors (Lipinski definition) is 8. The lowest BCUT2D eigenvalue weighted by Crippen LogP contribution is -2.23. The highest BCUT2D eigenvalue weighted by Crippen LogP contribution is 2.51. The zero-order chi connectivity index (χ0) is 35.2. The van der Waals surface area contributed by atoms with Crippen LogP contribution in [0.1, 0.15) is 66.1 Å². The fourth-order valence-corrected chi connectivity index (χ4v) is 7.78. The molecule has 11 rings (SSSR count). The predicted molar refractivity (Wildman–Crippen MR) is 192 cm³/mol. The highest BCUT2D eigenvalue weighted by Gasteiger charge is 2.50. The molecule has 1 amide bonds. The number of benzene rings is 3. The number of para-hydroxylation sites is 2. The number of imidazole rings is 1. The minimum Gasteiger partial charge on any atom is -0.489 e. The summed E-state index contributed by atoms with van der Waals surface area (Å²) in [7, 11) is 0. The van der Waals surface area contributed by atoms with Crippen LogP contribution in [0.5, 0.6) is 11.5 Å². The molecule has 0 bridgehead atoms. The van der Waals surface area contributed by atoms with E-state index in [1.54, 1.807) is 24.8 Å². The second kappa shape index (κ2) is 11.6. The Morgan fingerprint density at radius 2 is 1.52 bits per heavy atom. The van der Waals surface area contributed by atoms with Crippen LogP contribution in [-0.2, 0) is 11.1 Å². The number of fused-ring (bicyclic) bond motifs is 8. The number of nitrogens with one attached hydrogen (secondary N) is 1. The van der Waals surface area contributed by atoms with Crippen molar-refractivity contribution in [3.05, 3.63) is 101 Å². The van der Waals surface area contributed by atoms with Gasteiger partial charge in [-0.1, -0.05) is 12.1 Å². The smallest absolute Gasteiger partial charge is 0.258 e. The minimum absolute atomic E-state index is 0.0414. The lowest BCUT2D eigenvalue weighted by atomic mass is 10.1. The first kappa shape index (κ1) is 31.4. The number of ether oxygens (including phenoxy) is 2. The Morgan fingerprint density at radius 1 is 0.885 bits per heavy atom. The maximum Gasteiger partial charge on any atom is 0.258 e. The molecule has 0 radical (unpaired) electrons. The SMILES string of the molecule is Brc1cccc2c1OCC1(CC1)n1cnnc1-2.Cc1cc(F)c(C(=O)Nc2cccc3c2OCC2(CC2)n2cnnc2-3)cc1-n1cnc(C2CC2)c1. The van der Waals surface area contributed by atoms with Crippen molar-refractivity contribution in [1.82, 2.24) is 39.1 Å². The molecule has 1 N–H and O–H groups in total. The molecule has 3 saturated carbocycles. The lowest BCUT2D eigenvalue weighted by Gasteiger charge is -2.16. The Bertz CT molecular complexity index is 2410. The van der Waals surface area contributed by atoms with Gasteiger partial charge in [0.25, 0.3) is 5.91 Å². The second-order valence-electron chi connectivity index (χ2n) is 14.4. The molecule has 0 atom stereocenters. The van der Waals surface area contributed by atoms with E-state index in [1.165, 1.54) is 6.07 Å². The molecule has 3 aromatic heterocycles.